The van der Waals surface area contributed by atoms with E-state index >= 15 is 0 Å². The Morgan fingerprint density at radius 3 is 2.36 bits per heavy atom. The van der Waals surface area contributed by atoms with Crippen LogP contribution in [0.4, 0.5) is 0 Å². The molecule has 0 aromatic heterocycles. The topological polar surface area (TPSA) is 49.4 Å². The molecule has 0 saturated carbocycles. The monoisotopic (exact) mass is 606 g/mol. The molecule has 2 amide bonds. The number of amides is 2. The quantitative estimate of drug-likeness (QED) is 0.252. The van der Waals surface area contributed by atoms with Gasteiger partial charge in [-0.2, -0.15) is 0 Å². The van der Waals surface area contributed by atoms with Crippen molar-refractivity contribution in [1.29, 1.82) is 0 Å². The van der Waals surface area contributed by atoms with Crippen molar-refractivity contribution in [2.24, 2.45) is 0 Å². The molecule has 190 valence electrons. The second-order valence-electron chi connectivity index (χ2n) is 8.75. The fourth-order valence-corrected chi connectivity index (χ4v) is 5.65. The van der Waals surface area contributed by atoms with Gasteiger partial charge in [0.05, 0.1) is 5.75 Å². The van der Waals surface area contributed by atoms with Crippen LogP contribution < -0.4 is 5.32 Å². The third-order valence-corrected chi connectivity index (χ3v) is 7.49. The Hall–Kier alpha value is -1.99. The van der Waals surface area contributed by atoms with Crippen molar-refractivity contribution in [1.82, 2.24) is 10.2 Å². The van der Waals surface area contributed by atoms with E-state index in [0.29, 0.717) is 28.8 Å². The fourth-order valence-electron chi connectivity index (χ4n) is 3.74. The lowest BCUT2D eigenvalue weighted by molar-refractivity contribution is -0.139. The van der Waals surface area contributed by atoms with Crippen molar-refractivity contribution in [2.45, 2.75) is 44.6 Å². The van der Waals surface area contributed by atoms with Crippen molar-refractivity contribution in [3.8, 4) is 0 Å². The molecular weight excluding hydrogens is 579 g/mol. The fraction of sp³-hybridized carbons (Fsp3) is 0.286. The van der Waals surface area contributed by atoms with E-state index in [1.54, 1.807) is 17.0 Å². The lowest BCUT2D eigenvalue weighted by atomic mass is 10.0. The second-order valence-corrected chi connectivity index (χ2v) is 11.5. The zero-order valence-corrected chi connectivity index (χ0v) is 24.1. The van der Waals surface area contributed by atoms with Gasteiger partial charge in [0.25, 0.3) is 0 Å². The van der Waals surface area contributed by atoms with Crippen LogP contribution in [0.5, 0.6) is 0 Å². The van der Waals surface area contributed by atoms with Crippen molar-refractivity contribution in [3.63, 3.8) is 0 Å². The highest BCUT2D eigenvalue weighted by Crippen LogP contribution is 2.25. The van der Waals surface area contributed by atoms with Crippen molar-refractivity contribution < 1.29 is 9.59 Å². The molecule has 0 fully saturated rings. The molecular formula is C28H29BrCl2N2O2S. The molecule has 0 aliphatic heterocycles. The van der Waals surface area contributed by atoms with E-state index in [1.807, 2.05) is 74.5 Å². The average molecular weight is 608 g/mol. The van der Waals surface area contributed by atoms with Gasteiger partial charge in [-0.15, -0.1) is 11.8 Å². The van der Waals surface area contributed by atoms with Crippen LogP contribution in [0.25, 0.3) is 0 Å². The van der Waals surface area contributed by atoms with E-state index in [1.165, 1.54) is 11.8 Å². The van der Waals surface area contributed by atoms with Crippen LogP contribution in [0.15, 0.2) is 77.3 Å². The highest BCUT2D eigenvalue weighted by atomic mass is 79.9. The van der Waals surface area contributed by atoms with Gasteiger partial charge >= 0.3 is 0 Å². The van der Waals surface area contributed by atoms with E-state index < -0.39 is 6.04 Å². The normalized spacial score (nSPS) is 11.8. The van der Waals surface area contributed by atoms with Gasteiger partial charge in [-0.05, 0) is 54.8 Å². The van der Waals surface area contributed by atoms with Crippen molar-refractivity contribution >= 4 is 62.7 Å². The molecule has 0 spiro atoms. The molecule has 1 N–H and O–H groups in total. The Morgan fingerprint density at radius 2 is 1.69 bits per heavy atom. The van der Waals surface area contributed by atoms with E-state index in [0.717, 1.165) is 21.2 Å². The zero-order valence-electron chi connectivity index (χ0n) is 20.2. The highest BCUT2D eigenvalue weighted by Gasteiger charge is 2.30. The smallest absolute Gasteiger partial charge is 0.243 e. The summed E-state index contributed by atoms with van der Waals surface area (Å²) < 4.78 is 0.922. The molecule has 0 radical (unpaired) electrons. The number of carbonyl (C=O) groups is 2. The van der Waals surface area contributed by atoms with Gasteiger partial charge in [-0.1, -0.05) is 87.7 Å². The molecule has 0 heterocycles. The zero-order chi connectivity index (χ0) is 26.1. The number of carbonyl (C=O) groups excluding carboxylic acids is 2. The van der Waals surface area contributed by atoms with Crippen LogP contribution >= 0.6 is 50.9 Å². The maximum absolute atomic E-state index is 13.6. The minimum absolute atomic E-state index is 0.0417. The van der Waals surface area contributed by atoms with Crippen LogP contribution in [0, 0.1) is 0 Å². The molecule has 3 aromatic carbocycles. The lowest BCUT2D eigenvalue weighted by Crippen LogP contribution is -2.52. The van der Waals surface area contributed by atoms with Crippen molar-refractivity contribution in [3.05, 3.63) is 104 Å². The minimum atomic E-state index is -0.652. The molecule has 4 nitrogen and oxygen atoms in total. The summed E-state index contributed by atoms with van der Waals surface area (Å²) in [6.07, 6.45) is 0.423. The third kappa shape index (κ3) is 8.84. The summed E-state index contributed by atoms with van der Waals surface area (Å²) in [5, 5.41) is 4.16. The maximum atomic E-state index is 13.6. The Bertz CT molecular complexity index is 1180. The Labute approximate surface area is 235 Å². The molecule has 3 rings (SSSR count). The maximum Gasteiger partial charge on any atom is 0.243 e. The van der Waals surface area contributed by atoms with E-state index in [-0.39, 0.29) is 23.6 Å². The lowest BCUT2D eigenvalue weighted by Gasteiger charge is -2.32. The average Bonchev–Trinajstić information content (AvgIpc) is 2.83. The van der Waals surface area contributed by atoms with Crippen LogP contribution in [-0.2, 0) is 28.3 Å². The van der Waals surface area contributed by atoms with Crippen LogP contribution in [0.2, 0.25) is 10.0 Å². The summed E-state index contributed by atoms with van der Waals surface area (Å²) >= 11 is 17.3. The first-order valence-corrected chi connectivity index (χ1v) is 14.3. The van der Waals surface area contributed by atoms with Gasteiger partial charge in [0, 0.05) is 39.3 Å². The minimum Gasteiger partial charge on any atom is -0.352 e. The molecule has 0 aliphatic rings. The number of hydrogen-bond donors (Lipinski definition) is 1. The molecule has 0 aliphatic carbocycles. The second kappa shape index (κ2) is 14.1. The summed E-state index contributed by atoms with van der Waals surface area (Å²) in [5.74, 6) is 0.508. The van der Waals surface area contributed by atoms with Crippen molar-refractivity contribution in [2.75, 3.05) is 5.75 Å². The Morgan fingerprint density at radius 1 is 0.972 bits per heavy atom. The van der Waals surface area contributed by atoms with E-state index in [9.17, 15) is 9.59 Å². The number of hydrogen-bond acceptors (Lipinski definition) is 3. The standard InChI is InChI=1S/C28H29BrCl2N2O2S/c1-19(2)32-28(35)26(14-20-7-4-3-5-8-20)33(16-21-9-6-10-23(29)13-21)27(34)18-36-17-22-11-12-24(30)15-25(22)31/h3-13,15,19,26H,14,16-18H2,1-2H3,(H,32,35)/t26-/m1/s1. The summed E-state index contributed by atoms with van der Waals surface area (Å²) in [7, 11) is 0. The number of rotatable bonds is 11. The first-order valence-electron chi connectivity index (χ1n) is 11.6. The Balaban J connectivity index is 1.85. The largest absolute Gasteiger partial charge is 0.352 e. The summed E-state index contributed by atoms with van der Waals surface area (Å²) in [6.45, 7) is 4.16. The predicted molar refractivity (Wildman–Crippen MR) is 155 cm³/mol. The number of thioether (sulfide) groups is 1. The summed E-state index contributed by atoms with van der Waals surface area (Å²) in [5.41, 5.74) is 2.85. The molecule has 0 saturated heterocycles. The molecule has 0 unspecified atom stereocenters. The first kappa shape index (κ1) is 28.6. The predicted octanol–water partition coefficient (Wildman–Crippen LogP) is 7.15. The molecule has 0 bridgehead atoms. The van der Waals surface area contributed by atoms with E-state index in [4.69, 9.17) is 23.2 Å². The molecule has 1 atom stereocenters. The summed E-state index contributed by atoms with van der Waals surface area (Å²) in [6, 6.07) is 22.3. The highest BCUT2D eigenvalue weighted by molar-refractivity contribution is 9.10. The van der Waals surface area contributed by atoms with E-state index in [2.05, 4.69) is 21.2 Å². The van der Waals surface area contributed by atoms with Crippen LogP contribution in [0.3, 0.4) is 0 Å². The molecule has 8 heteroatoms. The number of halogens is 3. The first-order chi connectivity index (χ1) is 17.2. The number of nitrogens with one attached hydrogen (secondary N) is 1. The van der Waals surface area contributed by atoms with Gasteiger partial charge in [0.2, 0.25) is 11.8 Å². The Kier molecular flexibility index (Phi) is 11.2. The van der Waals surface area contributed by atoms with Gasteiger partial charge in [0.1, 0.15) is 6.04 Å². The van der Waals surface area contributed by atoms with Gasteiger partial charge in [-0.25, -0.2) is 0 Å². The SMILES string of the molecule is CC(C)NC(=O)[C@@H](Cc1ccccc1)N(Cc1cccc(Br)c1)C(=O)CSCc1ccc(Cl)cc1Cl. The van der Waals surface area contributed by atoms with Gasteiger partial charge in [-0.3, -0.25) is 9.59 Å². The summed E-state index contributed by atoms with van der Waals surface area (Å²) in [4.78, 5) is 28.7. The van der Waals surface area contributed by atoms with Crippen LogP contribution in [-0.4, -0.2) is 34.6 Å². The van der Waals surface area contributed by atoms with Gasteiger partial charge in [0.15, 0.2) is 0 Å². The number of nitrogens with zero attached hydrogens (tertiary/aromatic N) is 1. The number of benzene rings is 3. The third-order valence-electron chi connectivity index (χ3n) is 5.44. The molecule has 3 aromatic rings. The molecule has 36 heavy (non-hydrogen) atoms. The van der Waals surface area contributed by atoms with Gasteiger partial charge < -0.3 is 10.2 Å². The van der Waals surface area contributed by atoms with Crippen LogP contribution in [0.1, 0.15) is 30.5 Å².